The number of aromatic nitrogens is 1. The molecule has 6 heteroatoms. The molecule has 1 heterocycles. The number of amidine groups is 1. The molecule has 0 atom stereocenters. The fraction of sp³-hybridized carbons (Fsp3) is 0.0909. The number of halogens is 1. The number of benzene rings is 1. The van der Waals surface area contributed by atoms with E-state index in [1.54, 1.807) is 12.6 Å². The molecule has 0 spiro atoms. The normalized spacial score (nSPS) is 11.3. The standard InChI is InChI=1S/C11H10ClN3OS/c1-16-9-4-2-3-8(5-9)14-11(15-12)10-6-17-7-13-10/h2-7H,1H3,(H,14,15). The van der Waals surface area contributed by atoms with Gasteiger partial charge in [-0.25, -0.2) is 4.98 Å². The van der Waals surface area contributed by atoms with E-state index < -0.39 is 0 Å². The molecule has 0 radical (unpaired) electrons. The van der Waals surface area contributed by atoms with Gasteiger partial charge in [0, 0.05) is 28.9 Å². The summed E-state index contributed by atoms with van der Waals surface area (Å²) >= 11 is 7.03. The van der Waals surface area contributed by atoms with Crippen LogP contribution in [-0.4, -0.2) is 17.9 Å². The maximum Gasteiger partial charge on any atom is 0.171 e. The third kappa shape index (κ3) is 2.95. The Hall–Kier alpha value is -1.59. The monoisotopic (exact) mass is 267 g/mol. The molecule has 0 aliphatic carbocycles. The van der Waals surface area contributed by atoms with Crippen molar-refractivity contribution in [3.05, 3.63) is 40.8 Å². The van der Waals surface area contributed by atoms with Crippen molar-refractivity contribution in [2.24, 2.45) is 4.51 Å². The summed E-state index contributed by atoms with van der Waals surface area (Å²) in [5.74, 6) is 1.28. The van der Waals surface area contributed by atoms with Crippen molar-refractivity contribution in [3.63, 3.8) is 0 Å². The van der Waals surface area contributed by atoms with Gasteiger partial charge in [0.2, 0.25) is 0 Å². The molecule has 17 heavy (non-hydrogen) atoms. The zero-order valence-corrected chi connectivity index (χ0v) is 10.6. The molecular weight excluding hydrogens is 258 g/mol. The molecule has 0 bridgehead atoms. The first-order valence-corrected chi connectivity index (χ1v) is 6.10. The summed E-state index contributed by atoms with van der Waals surface area (Å²) in [6, 6.07) is 7.50. The molecule has 2 rings (SSSR count). The van der Waals surface area contributed by atoms with E-state index in [1.165, 1.54) is 11.3 Å². The van der Waals surface area contributed by atoms with E-state index >= 15 is 0 Å². The van der Waals surface area contributed by atoms with Crippen molar-refractivity contribution < 1.29 is 4.74 Å². The molecule has 0 saturated heterocycles. The first-order chi connectivity index (χ1) is 8.33. The molecule has 88 valence electrons. The van der Waals surface area contributed by atoms with Crippen LogP contribution in [0.5, 0.6) is 5.75 Å². The lowest BCUT2D eigenvalue weighted by molar-refractivity contribution is 0.415. The predicted octanol–water partition coefficient (Wildman–Crippen LogP) is 3.16. The van der Waals surface area contributed by atoms with E-state index in [-0.39, 0.29) is 0 Å². The van der Waals surface area contributed by atoms with Crippen molar-refractivity contribution in [1.29, 1.82) is 0 Å². The highest BCUT2D eigenvalue weighted by atomic mass is 35.5. The number of hydrogen-bond acceptors (Lipinski definition) is 4. The van der Waals surface area contributed by atoms with Gasteiger partial charge in [-0.15, -0.1) is 11.3 Å². The van der Waals surface area contributed by atoms with E-state index in [4.69, 9.17) is 16.5 Å². The highest BCUT2D eigenvalue weighted by molar-refractivity contribution is 7.07. The molecule has 1 aromatic carbocycles. The Morgan fingerprint density at radius 3 is 3.06 bits per heavy atom. The Bertz CT molecular complexity index is 513. The number of ether oxygens (including phenoxy) is 1. The van der Waals surface area contributed by atoms with Crippen molar-refractivity contribution in [1.82, 2.24) is 4.98 Å². The topological polar surface area (TPSA) is 46.5 Å². The molecule has 2 aromatic rings. The molecule has 4 nitrogen and oxygen atoms in total. The molecule has 1 aromatic heterocycles. The zero-order valence-electron chi connectivity index (χ0n) is 9.05. The van der Waals surface area contributed by atoms with Crippen LogP contribution in [0, 0.1) is 0 Å². The number of anilines is 1. The Morgan fingerprint density at radius 1 is 1.53 bits per heavy atom. The first kappa shape index (κ1) is 11.9. The first-order valence-electron chi connectivity index (χ1n) is 4.82. The van der Waals surface area contributed by atoms with Crippen LogP contribution in [0.4, 0.5) is 5.69 Å². The van der Waals surface area contributed by atoms with E-state index in [9.17, 15) is 0 Å². The highest BCUT2D eigenvalue weighted by Gasteiger charge is 2.06. The third-order valence-electron chi connectivity index (χ3n) is 2.09. The van der Waals surface area contributed by atoms with Crippen LogP contribution in [0.15, 0.2) is 39.7 Å². The van der Waals surface area contributed by atoms with Gasteiger partial charge < -0.3 is 10.1 Å². The third-order valence-corrected chi connectivity index (χ3v) is 2.85. The van der Waals surface area contributed by atoms with Gasteiger partial charge in [0.1, 0.15) is 11.4 Å². The lowest BCUT2D eigenvalue weighted by Gasteiger charge is -2.07. The fourth-order valence-corrected chi connectivity index (χ4v) is 1.96. The van der Waals surface area contributed by atoms with E-state index in [2.05, 4.69) is 14.8 Å². The average molecular weight is 268 g/mol. The number of methoxy groups -OCH3 is 1. The summed E-state index contributed by atoms with van der Waals surface area (Å²) in [4.78, 5) is 4.14. The van der Waals surface area contributed by atoms with E-state index in [0.29, 0.717) is 11.5 Å². The van der Waals surface area contributed by atoms with Crippen molar-refractivity contribution in [3.8, 4) is 5.75 Å². The van der Waals surface area contributed by atoms with Crippen LogP contribution >= 0.6 is 23.1 Å². The van der Waals surface area contributed by atoms with Crippen LogP contribution in [0.2, 0.25) is 0 Å². The Morgan fingerprint density at radius 2 is 2.41 bits per heavy atom. The largest absolute Gasteiger partial charge is 0.497 e. The summed E-state index contributed by atoms with van der Waals surface area (Å²) in [5, 5.41) is 4.96. The number of rotatable bonds is 3. The lowest BCUT2D eigenvalue weighted by atomic mass is 10.3. The second-order valence-corrected chi connectivity index (χ2v) is 4.05. The van der Waals surface area contributed by atoms with Crippen molar-refractivity contribution in [2.75, 3.05) is 12.4 Å². The Kier molecular flexibility index (Phi) is 3.95. The maximum atomic E-state index is 5.54. The second-order valence-electron chi connectivity index (χ2n) is 3.16. The number of thiazole rings is 1. The van der Waals surface area contributed by atoms with Crippen molar-refractivity contribution >= 4 is 34.6 Å². The van der Waals surface area contributed by atoms with Gasteiger partial charge in [-0.2, -0.15) is 4.51 Å². The van der Waals surface area contributed by atoms with Gasteiger partial charge in [0.15, 0.2) is 5.84 Å². The van der Waals surface area contributed by atoms with Crippen molar-refractivity contribution in [2.45, 2.75) is 0 Å². The smallest absolute Gasteiger partial charge is 0.171 e. The summed E-state index contributed by atoms with van der Waals surface area (Å²) in [7, 11) is 1.62. The molecule has 0 unspecified atom stereocenters. The molecule has 0 fully saturated rings. The molecule has 0 aliphatic rings. The van der Waals surface area contributed by atoms with E-state index in [0.717, 1.165) is 11.4 Å². The van der Waals surface area contributed by atoms with Gasteiger partial charge in [-0.05, 0) is 12.1 Å². The van der Waals surface area contributed by atoms with Crippen LogP contribution in [0.3, 0.4) is 0 Å². The molecule has 1 N–H and O–H groups in total. The minimum atomic E-state index is 0.515. The van der Waals surface area contributed by atoms with E-state index in [1.807, 2.05) is 29.6 Å². The number of hydrogen-bond donors (Lipinski definition) is 1. The minimum Gasteiger partial charge on any atom is -0.497 e. The minimum absolute atomic E-state index is 0.515. The predicted molar refractivity (Wildman–Crippen MR) is 71.1 cm³/mol. The molecule has 0 saturated carbocycles. The highest BCUT2D eigenvalue weighted by Crippen LogP contribution is 2.18. The zero-order chi connectivity index (χ0) is 12.1. The van der Waals surface area contributed by atoms with Gasteiger partial charge in [-0.1, -0.05) is 6.07 Å². The van der Waals surface area contributed by atoms with Crippen LogP contribution < -0.4 is 10.1 Å². The van der Waals surface area contributed by atoms with Gasteiger partial charge >= 0.3 is 0 Å². The van der Waals surface area contributed by atoms with Gasteiger partial charge in [-0.3, -0.25) is 0 Å². The summed E-state index contributed by atoms with van der Waals surface area (Å²) < 4.78 is 8.80. The Labute approximate surface area is 108 Å². The number of nitrogens with zero attached hydrogens (tertiary/aromatic N) is 2. The molecule has 0 amide bonds. The quantitative estimate of drug-likeness (QED) is 0.686. The lowest BCUT2D eigenvalue weighted by Crippen LogP contribution is -2.13. The van der Waals surface area contributed by atoms with Gasteiger partial charge in [0.25, 0.3) is 0 Å². The Balaban J connectivity index is 2.19. The average Bonchev–Trinajstić information content (AvgIpc) is 2.90. The summed E-state index contributed by atoms with van der Waals surface area (Å²) in [6.45, 7) is 0. The SMILES string of the molecule is COc1cccc(NC(=NCl)c2cscn2)c1. The molecular formula is C11H10ClN3OS. The van der Waals surface area contributed by atoms with Crippen LogP contribution in [0.1, 0.15) is 5.69 Å². The molecule has 0 aliphatic heterocycles. The maximum absolute atomic E-state index is 5.54. The van der Waals surface area contributed by atoms with Gasteiger partial charge in [0.05, 0.1) is 12.6 Å². The second kappa shape index (κ2) is 5.65. The summed E-state index contributed by atoms with van der Waals surface area (Å²) in [5.41, 5.74) is 3.29. The van der Waals surface area contributed by atoms with Crippen LogP contribution in [0.25, 0.3) is 0 Å². The van der Waals surface area contributed by atoms with Crippen LogP contribution in [-0.2, 0) is 0 Å². The number of nitrogens with one attached hydrogen (secondary N) is 1. The fourth-order valence-electron chi connectivity index (χ4n) is 1.30. The summed E-state index contributed by atoms with van der Waals surface area (Å²) in [6.07, 6.45) is 0.